The number of fused-ring (bicyclic) bond motifs is 2. The van der Waals surface area contributed by atoms with Crippen LogP contribution in [0.5, 0.6) is 0 Å². The topological polar surface area (TPSA) is 38.9 Å². The number of nitrogens with zero attached hydrogens (tertiary/aromatic N) is 2. The van der Waals surface area contributed by atoms with E-state index in [9.17, 15) is 0 Å². The van der Waals surface area contributed by atoms with Gasteiger partial charge in [0.2, 0.25) is 0 Å². The van der Waals surface area contributed by atoms with Gasteiger partial charge in [-0.1, -0.05) is 81.2 Å². The molecule has 4 aromatic carbocycles. The Morgan fingerprint density at radius 3 is 2.38 bits per heavy atom. The number of thiophene rings is 1. The van der Waals surface area contributed by atoms with Gasteiger partial charge < -0.3 is 14.4 Å². The molecule has 3 nitrogen and oxygen atoms in total. The number of aryl methyl sites for hydroxylation is 3. The van der Waals surface area contributed by atoms with Crippen LogP contribution in [-0.4, -0.2) is 9.97 Å². The van der Waals surface area contributed by atoms with E-state index in [1.54, 1.807) is 35.6 Å². The number of rotatable bonds is 3. The summed E-state index contributed by atoms with van der Waals surface area (Å²) in [6.45, 7) is -1.77. The molecule has 0 spiro atoms. The zero-order valence-electron chi connectivity index (χ0n) is 35.6. The molecule has 0 fully saturated rings. The van der Waals surface area contributed by atoms with Gasteiger partial charge in [-0.3, -0.25) is 0 Å². The first-order valence-corrected chi connectivity index (χ1v) is 14.9. The van der Waals surface area contributed by atoms with Crippen LogP contribution in [0.25, 0.3) is 64.6 Å². The van der Waals surface area contributed by atoms with Crippen molar-refractivity contribution in [3.8, 4) is 22.5 Å². The van der Waals surface area contributed by atoms with Crippen molar-refractivity contribution in [2.75, 3.05) is 0 Å². The molecule has 0 unspecified atom stereocenters. The van der Waals surface area contributed by atoms with Crippen molar-refractivity contribution < 1.29 is 39.6 Å². The number of pyridine rings is 2. The van der Waals surface area contributed by atoms with Gasteiger partial charge in [-0.2, -0.15) is 11.3 Å². The fourth-order valence-corrected chi connectivity index (χ4v) is 6.43. The standard InChI is InChI=1S/C23H14NOS.C17H20N.Ir/c1-12-9-17(24-11-13(12)2)16-7-8-18-20-21-19(26-18)10-14-5-3-4-6-15(14)22(21)25-23(16)20;1-13-5-8-15(9-6-13)16-10-7-14(12-18-16)11-17(2,3)4;/h3-6,8-11H,1-2H3;5-8,10,12H,11H2,1-4H3;/q2*-1;/i1D3,2D3;1D3,11D2;. The molecule has 45 heavy (non-hydrogen) atoms. The average molecular weight is 794 g/mol. The Bertz CT molecular complexity index is 2670. The van der Waals surface area contributed by atoms with Crippen molar-refractivity contribution in [3.63, 3.8) is 0 Å². The minimum atomic E-state index is -2.60. The molecule has 0 aliphatic heterocycles. The molecule has 0 saturated carbocycles. The molecular formula is C40H34IrN2OS-2. The average Bonchev–Trinajstić information content (AvgIpc) is 3.70. The van der Waals surface area contributed by atoms with E-state index in [1.165, 1.54) is 18.3 Å². The van der Waals surface area contributed by atoms with Crippen LogP contribution in [0.4, 0.5) is 0 Å². The third-order valence-corrected chi connectivity index (χ3v) is 8.30. The van der Waals surface area contributed by atoms with Crippen LogP contribution >= 0.6 is 11.3 Å². The zero-order valence-corrected chi connectivity index (χ0v) is 27.8. The van der Waals surface area contributed by atoms with E-state index < -0.39 is 32.3 Å². The maximum absolute atomic E-state index is 8.25. The molecule has 0 bridgehead atoms. The summed E-state index contributed by atoms with van der Waals surface area (Å²) in [6, 6.07) is 27.6. The van der Waals surface area contributed by atoms with Gasteiger partial charge in [0.15, 0.2) is 0 Å². The molecule has 4 aromatic heterocycles. The second kappa shape index (κ2) is 12.1. The minimum absolute atomic E-state index is 0. The Labute approximate surface area is 297 Å². The Hall–Kier alpha value is -3.89. The monoisotopic (exact) mass is 794 g/mol. The fourth-order valence-electron chi connectivity index (χ4n) is 5.29. The summed E-state index contributed by atoms with van der Waals surface area (Å²) in [5, 5.41) is 4.06. The molecule has 227 valence electrons. The molecule has 0 saturated heterocycles. The first-order valence-electron chi connectivity index (χ1n) is 19.6. The summed E-state index contributed by atoms with van der Waals surface area (Å²) >= 11 is 1.65. The van der Waals surface area contributed by atoms with Gasteiger partial charge in [-0.15, -0.1) is 47.5 Å². The molecule has 1 radical (unpaired) electrons. The molecule has 8 aromatic rings. The first kappa shape index (κ1) is 20.3. The van der Waals surface area contributed by atoms with E-state index in [2.05, 4.69) is 28.2 Å². The van der Waals surface area contributed by atoms with Gasteiger partial charge in [0, 0.05) is 63.0 Å². The molecule has 0 N–H and O–H groups in total. The maximum Gasteiger partial charge on any atom is 0.130 e. The second-order valence-electron chi connectivity index (χ2n) is 11.6. The largest absolute Gasteiger partial charge is 0.500 e. The van der Waals surface area contributed by atoms with Crippen molar-refractivity contribution in [2.24, 2.45) is 5.41 Å². The van der Waals surface area contributed by atoms with Crippen molar-refractivity contribution in [2.45, 2.75) is 47.7 Å². The predicted octanol–water partition coefficient (Wildman–Crippen LogP) is 11.3. The smallest absolute Gasteiger partial charge is 0.130 e. The number of aromatic nitrogens is 2. The number of furan rings is 1. The zero-order chi connectivity index (χ0) is 39.9. The van der Waals surface area contributed by atoms with E-state index in [4.69, 9.17) is 19.5 Å². The second-order valence-corrected chi connectivity index (χ2v) is 12.7. The summed E-state index contributed by atoms with van der Waals surface area (Å²) in [7, 11) is 0. The van der Waals surface area contributed by atoms with E-state index in [0.29, 0.717) is 33.7 Å². The molecule has 0 aliphatic rings. The van der Waals surface area contributed by atoms with Crippen molar-refractivity contribution >= 4 is 53.4 Å². The van der Waals surface area contributed by atoms with Crippen LogP contribution in [-0.2, 0) is 26.5 Å². The number of benzene rings is 4. The van der Waals surface area contributed by atoms with Crippen molar-refractivity contribution in [3.05, 3.63) is 120 Å². The van der Waals surface area contributed by atoms with Crippen LogP contribution in [0, 0.1) is 38.1 Å². The summed E-state index contributed by atoms with van der Waals surface area (Å²) < 4.78 is 93.7. The van der Waals surface area contributed by atoms with Crippen molar-refractivity contribution in [1.82, 2.24) is 9.97 Å². The minimum Gasteiger partial charge on any atom is -0.500 e. The van der Waals surface area contributed by atoms with Crippen LogP contribution < -0.4 is 0 Å². The van der Waals surface area contributed by atoms with Crippen LogP contribution in [0.15, 0.2) is 89.6 Å². The van der Waals surface area contributed by atoms with Gasteiger partial charge in [0.25, 0.3) is 0 Å². The van der Waals surface area contributed by atoms with Gasteiger partial charge >= 0.3 is 0 Å². The number of hydrogen-bond donors (Lipinski definition) is 0. The maximum atomic E-state index is 8.25. The van der Waals surface area contributed by atoms with E-state index in [0.717, 1.165) is 42.7 Å². The molecule has 4 heterocycles. The van der Waals surface area contributed by atoms with Crippen LogP contribution in [0.1, 0.15) is 58.1 Å². The molecular weight excluding hydrogens is 749 g/mol. The van der Waals surface area contributed by atoms with Gasteiger partial charge in [-0.05, 0) is 69.5 Å². The van der Waals surface area contributed by atoms with Gasteiger partial charge in [0.1, 0.15) is 5.58 Å². The molecule has 8 rings (SSSR count). The summed E-state index contributed by atoms with van der Waals surface area (Å²) in [6.07, 6.45) is 1.18. The third-order valence-electron chi connectivity index (χ3n) is 7.22. The summed E-state index contributed by atoms with van der Waals surface area (Å²) in [4.78, 5) is 8.62. The normalized spacial score (nSPS) is 16.5. The Morgan fingerprint density at radius 1 is 0.822 bits per heavy atom. The van der Waals surface area contributed by atoms with E-state index >= 15 is 0 Å². The van der Waals surface area contributed by atoms with Crippen LogP contribution in [0.2, 0.25) is 0 Å². The molecule has 0 amide bonds. The first-order chi connectivity index (χ1) is 25.6. The number of hydrogen-bond acceptors (Lipinski definition) is 4. The van der Waals surface area contributed by atoms with E-state index in [-0.39, 0.29) is 36.8 Å². The Balaban J connectivity index is 0.000000198. The third kappa shape index (κ3) is 6.05. The Kier molecular flexibility index (Phi) is 5.47. The van der Waals surface area contributed by atoms with Crippen molar-refractivity contribution in [1.29, 1.82) is 0 Å². The summed E-state index contributed by atoms with van der Waals surface area (Å²) in [5.41, 5.74) is 3.21. The van der Waals surface area contributed by atoms with E-state index in [1.807, 2.05) is 51.1 Å². The Morgan fingerprint density at radius 2 is 1.64 bits per heavy atom. The molecule has 5 heteroatoms. The summed E-state index contributed by atoms with van der Waals surface area (Å²) in [5.74, 6) is 0. The van der Waals surface area contributed by atoms with Gasteiger partial charge in [-0.25, -0.2) is 0 Å². The van der Waals surface area contributed by atoms with Crippen LogP contribution in [0.3, 0.4) is 0 Å². The molecule has 0 atom stereocenters. The fraction of sp³-hybridized carbons (Fsp3) is 0.200. The SMILES string of the molecule is [2H]C([2H])([2H])c1c[c-]c(-c2ccc(C([2H])([2H])C(C)(C)C)cn2)cc1.[2H]C([2H])([2H])c1cnc(-c2[c-]cc3sc4cc5ccccc5c5oc2c3c45)cc1C([2H])([2H])[2H].[Ir]. The predicted molar refractivity (Wildman–Crippen MR) is 186 cm³/mol. The quantitative estimate of drug-likeness (QED) is 0.167. The van der Waals surface area contributed by atoms with Gasteiger partial charge in [0.05, 0.1) is 5.58 Å². The molecule has 0 aliphatic carbocycles.